The van der Waals surface area contributed by atoms with Crippen LogP contribution in [0.4, 0.5) is 0 Å². The molecule has 0 fully saturated rings. The molecule has 0 unspecified atom stereocenters. The summed E-state index contributed by atoms with van der Waals surface area (Å²) in [6.07, 6.45) is 1.80. The number of aromatic nitrogens is 2. The van der Waals surface area contributed by atoms with Crippen LogP contribution in [0.3, 0.4) is 0 Å². The van der Waals surface area contributed by atoms with Gasteiger partial charge in [-0.15, -0.1) is 0 Å². The topological polar surface area (TPSA) is 17.8 Å². The molecule has 0 radical (unpaired) electrons. The molecule has 0 amide bonds. The van der Waals surface area contributed by atoms with Gasteiger partial charge in [0.15, 0.2) is 0 Å². The van der Waals surface area contributed by atoms with Crippen LogP contribution < -0.4 is 0 Å². The van der Waals surface area contributed by atoms with Crippen molar-refractivity contribution in [1.29, 1.82) is 0 Å². The zero-order chi connectivity index (χ0) is 13.9. The van der Waals surface area contributed by atoms with Gasteiger partial charge in [-0.05, 0) is 36.4 Å². The molecule has 0 saturated heterocycles. The quantitative estimate of drug-likeness (QED) is 0.671. The van der Waals surface area contributed by atoms with Crippen LogP contribution in [0.25, 0.3) is 23.0 Å². The van der Waals surface area contributed by atoms with Crippen molar-refractivity contribution in [3.8, 4) is 16.9 Å². The van der Waals surface area contributed by atoms with Crippen molar-refractivity contribution >= 4 is 17.7 Å². The van der Waals surface area contributed by atoms with E-state index in [1.807, 2.05) is 65.3 Å². The molecule has 2 aromatic carbocycles. The van der Waals surface area contributed by atoms with Crippen LogP contribution in [-0.2, 0) is 0 Å². The maximum absolute atomic E-state index is 5.92. The van der Waals surface area contributed by atoms with Gasteiger partial charge in [0.2, 0.25) is 0 Å². The standard InChI is InChI=1S/C17H13ClN2/c1-2-15-12-17(13-6-4-3-5-7-13)19-20(15)16-10-8-14(18)9-11-16/h2-12H,1H2. The van der Waals surface area contributed by atoms with Crippen molar-refractivity contribution in [3.63, 3.8) is 0 Å². The summed E-state index contributed by atoms with van der Waals surface area (Å²) in [4.78, 5) is 0. The third kappa shape index (κ3) is 2.38. The van der Waals surface area contributed by atoms with Crippen LogP contribution in [0.15, 0.2) is 67.2 Å². The van der Waals surface area contributed by atoms with E-state index in [2.05, 4.69) is 11.7 Å². The van der Waals surface area contributed by atoms with Crippen molar-refractivity contribution in [2.24, 2.45) is 0 Å². The second-order valence-electron chi connectivity index (χ2n) is 4.41. The van der Waals surface area contributed by atoms with E-state index in [-0.39, 0.29) is 0 Å². The maximum Gasteiger partial charge on any atom is 0.0933 e. The van der Waals surface area contributed by atoms with Gasteiger partial charge in [-0.3, -0.25) is 0 Å². The summed E-state index contributed by atoms with van der Waals surface area (Å²) in [5.74, 6) is 0. The molecule has 0 aliphatic carbocycles. The molecule has 0 N–H and O–H groups in total. The number of nitrogens with zero attached hydrogens (tertiary/aromatic N) is 2. The first kappa shape index (κ1) is 12.7. The number of hydrogen-bond donors (Lipinski definition) is 0. The first-order valence-corrected chi connectivity index (χ1v) is 6.69. The molecule has 0 spiro atoms. The summed E-state index contributed by atoms with van der Waals surface area (Å²) < 4.78 is 1.87. The van der Waals surface area contributed by atoms with E-state index in [1.54, 1.807) is 6.08 Å². The first-order valence-electron chi connectivity index (χ1n) is 6.32. The Balaban J connectivity index is 2.10. The molecule has 98 valence electrons. The molecule has 1 aromatic heterocycles. The summed E-state index contributed by atoms with van der Waals surface area (Å²) in [6, 6.07) is 19.7. The van der Waals surface area contributed by atoms with Gasteiger partial charge in [-0.2, -0.15) is 5.10 Å². The molecule has 0 aliphatic heterocycles. The minimum Gasteiger partial charge on any atom is -0.233 e. The summed E-state index contributed by atoms with van der Waals surface area (Å²) in [5, 5.41) is 5.37. The van der Waals surface area contributed by atoms with Crippen LogP contribution in [-0.4, -0.2) is 9.78 Å². The lowest BCUT2D eigenvalue weighted by Crippen LogP contribution is -1.98. The van der Waals surface area contributed by atoms with Crippen molar-refractivity contribution in [2.45, 2.75) is 0 Å². The van der Waals surface area contributed by atoms with E-state index in [0.29, 0.717) is 5.02 Å². The molecule has 1 heterocycles. The fourth-order valence-corrected chi connectivity index (χ4v) is 2.21. The third-order valence-electron chi connectivity index (χ3n) is 3.09. The molecule has 3 heteroatoms. The highest BCUT2D eigenvalue weighted by Gasteiger charge is 2.08. The monoisotopic (exact) mass is 280 g/mol. The van der Waals surface area contributed by atoms with Crippen LogP contribution >= 0.6 is 11.6 Å². The first-order chi connectivity index (χ1) is 9.78. The number of rotatable bonds is 3. The molecule has 20 heavy (non-hydrogen) atoms. The van der Waals surface area contributed by atoms with E-state index in [4.69, 9.17) is 11.6 Å². The van der Waals surface area contributed by atoms with Crippen molar-refractivity contribution in [3.05, 3.63) is 78.0 Å². The van der Waals surface area contributed by atoms with Gasteiger partial charge in [0, 0.05) is 10.6 Å². The lowest BCUT2D eigenvalue weighted by Gasteiger charge is -2.04. The van der Waals surface area contributed by atoms with Gasteiger partial charge in [0.05, 0.1) is 17.1 Å². The smallest absolute Gasteiger partial charge is 0.0933 e. The van der Waals surface area contributed by atoms with Gasteiger partial charge < -0.3 is 0 Å². The van der Waals surface area contributed by atoms with Crippen molar-refractivity contribution < 1.29 is 0 Å². The van der Waals surface area contributed by atoms with Gasteiger partial charge >= 0.3 is 0 Å². The van der Waals surface area contributed by atoms with Gasteiger partial charge in [-0.1, -0.05) is 48.5 Å². The Morgan fingerprint density at radius 2 is 1.70 bits per heavy atom. The highest BCUT2D eigenvalue weighted by molar-refractivity contribution is 6.30. The predicted octanol–water partition coefficient (Wildman–Crippen LogP) is 4.84. The predicted molar refractivity (Wildman–Crippen MR) is 84.1 cm³/mol. The zero-order valence-electron chi connectivity index (χ0n) is 10.8. The highest BCUT2D eigenvalue weighted by Crippen LogP contribution is 2.22. The summed E-state index contributed by atoms with van der Waals surface area (Å²) in [5.41, 5.74) is 3.93. The van der Waals surface area contributed by atoms with E-state index >= 15 is 0 Å². The van der Waals surface area contributed by atoms with E-state index < -0.39 is 0 Å². The van der Waals surface area contributed by atoms with Gasteiger partial charge in [0.25, 0.3) is 0 Å². The average molecular weight is 281 g/mol. The molecule has 2 nitrogen and oxygen atoms in total. The third-order valence-corrected chi connectivity index (χ3v) is 3.34. The molecule has 0 atom stereocenters. The summed E-state index contributed by atoms with van der Waals surface area (Å²) in [7, 11) is 0. The number of halogens is 1. The van der Waals surface area contributed by atoms with E-state index in [0.717, 1.165) is 22.6 Å². The largest absolute Gasteiger partial charge is 0.233 e. The summed E-state index contributed by atoms with van der Waals surface area (Å²) in [6.45, 7) is 3.85. The minimum absolute atomic E-state index is 0.712. The Labute approximate surface area is 122 Å². The maximum atomic E-state index is 5.92. The Morgan fingerprint density at radius 3 is 2.35 bits per heavy atom. The molecule has 3 aromatic rings. The minimum atomic E-state index is 0.712. The van der Waals surface area contributed by atoms with Crippen LogP contribution in [0.1, 0.15) is 5.69 Å². The lowest BCUT2D eigenvalue weighted by molar-refractivity contribution is 0.875. The molecule has 0 bridgehead atoms. The highest BCUT2D eigenvalue weighted by atomic mass is 35.5. The normalized spacial score (nSPS) is 10.4. The second-order valence-corrected chi connectivity index (χ2v) is 4.85. The molecular weight excluding hydrogens is 268 g/mol. The molecular formula is C17H13ClN2. The average Bonchev–Trinajstić information content (AvgIpc) is 2.93. The Morgan fingerprint density at radius 1 is 1.00 bits per heavy atom. The van der Waals surface area contributed by atoms with Crippen molar-refractivity contribution in [1.82, 2.24) is 9.78 Å². The van der Waals surface area contributed by atoms with E-state index in [9.17, 15) is 0 Å². The molecule has 0 aliphatic rings. The van der Waals surface area contributed by atoms with Gasteiger partial charge in [0.1, 0.15) is 0 Å². The Kier molecular flexibility index (Phi) is 3.40. The van der Waals surface area contributed by atoms with Crippen LogP contribution in [0.5, 0.6) is 0 Å². The molecule has 0 saturated carbocycles. The van der Waals surface area contributed by atoms with Gasteiger partial charge in [-0.25, -0.2) is 4.68 Å². The second kappa shape index (κ2) is 5.35. The van der Waals surface area contributed by atoms with E-state index in [1.165, 1.54) is 0 Å². The van der Waals surface area contributed by atoms with Crippen molar-refractivity contribution in [2.75, 3.05) is 0 Å². The van der Waals surface area contributed by atoms with Crippen LogP contribution in [0, 0.1) is 0 Å². The Hall–Kier alpha value is -2.32. The lowest BCUT2D eigenvalue weighted by atomic mass is 10.1. The van der Waals surface area contributed by atoms with Crippen LogP contribution in [0.2, 0.25) is 5.02 Å². The number of hydrogen-bond acceptors (Lipinski definition) is 1. The fourth-order valence-electron chi connectivity index (χ4n) is 2.08. The number of benzene rings is 2. The molecule has 3 rings (SSSR count). The fraction of sp³-hybridized carbons (Fsp3) is 0. The zero-order valence-corrected chi connectivity index (χ0v) is 11.6. The Bertz CT molecular complexity index is 727. The summed E-state index contributed by atoms with van der Waals surface area (Å²) >= 11 is 5.92. The SMILES string of the molecule is C=Cc1cc(-c2ccccc2)nn1-c1ccc(Cl)cc1.